The van der Waals surface area contributed by atoms with Gasteiger partial charge in [0.15, 0.2) is 0 Å². The van der Waals surface area contributed by atoms with Crippen molar-refractivity contribution in [3.05, 3.63) is 12.2 Å². The summed E-state index contributed by atoms with van der Waals surface area (Å²) >= 11 is 0. The van der Waals surface area contributed by atoms with Crippen LogP contribution in [0, 0.1) is 5.92 Å². The number of carbonyl (C=O) groups excluding carboxylic acids is 1. The van der Waals surface area contributed by atoms with Gasteiger partial charge in [0, 0.05) is 18.0 Å². The second kappa shape index (κ2) is 1.92. The van der Waals surface area contributed by atoms with Crippen LogP contribution >= 0.6 is 0 Å². The van der Waals surface area contributed by atoms with Crippen LogP contribution in [0.2, 0.25) is 0 Å². The Morgan fingerprint density at radius 3 is 2.70 bits per heavy atom. The fourth-order valence-corrected chi connectivity index (χ4v) is 1.85. The molecule has 0 aromatic rings. The molecule has 0 aromatic heterocycles. The predicted molar refractivity (Wildman–Crippen MR) is 38.6 cm³/mol. The molecule has 0 amide bonds. The molecule has 1 fully saturated rings. The maximum Gasteiger partial charge on any atom is 0.134 e. The fourth-order valence-electron chi connectivity index (χ4n) is 1.85. The van der Waals surface area contributed by atoms with Gasteiger partial charge >= 0.3 is 0 Å². The molecule has 2 aliphatic heterocycles. The lowest BCUT2D eigenvalue weighted by molar-refractivity contribution is -0.120. The summed E-state index contributed by atoms with van der Waals surface area (Å²) in [7, 11) is 0. The van der Waals surface area contributed by atoms with Crippen LogP contribution in [-0.4, -0.2) is 17.9 Å². The summed E-state index contributed by atoms with van der Waals surface area (Å²) in [5.74, 6) is 0.583. The number of rotatable bonds is 1. The molecule has 0 aromatic carbocycles. The van der Waals surface area contributed by atoms with Crippen molar-refractivity contribution in [2.75, 3.05) is 0 Å². The van der Waals surface area contributed by atoms with Crippen molar-refractivity contribution < 1.29 is 4.79 Å². The maximum atomic E-state index is 11.0. The highest BCUT2D eigenvalue weighted by atomic mass is 16.1. The molecule has 2 rings (SSSR count). The Bertz CT molecular complexity index is 197. The van der Waals surface area contributed by atoms with Gasteiger partial charge in [0.1, 0.15) is 5.78 Å². The van der Waals surface area contributed by atoms with Gasteiger partial charge in [0.2, 0.25) is 0 Å². The lowest BCUT2D eigenvalue weighted by atomic mass is 9.91. The van der Waals surface area contributed by atoms with Crippen molar-refractivity contribution in [2.45, 2.75) is 25.4 Å². The molecule has 3 atom stereocenters. The summed E-state index contributed by atoms with van der Waals surface area (Å²) in [4.78, 5) is 11.0. The molecule has 10 heavy (non-hydrogen) atoms. The van der Waals surface area contributed by atoms with Gasteiger partial charge in [0.25, 0.3) is 0 Å². The summed E-state index contributed by atoms with van der Waals surface area (Å²) < 4.78 is 0. The van der Waals surface area contributed by atoms with Crippen LogP contribution in [0.4, 0.5) is 0 Å². The second-order valence-electron chi connectivity index (χ2n) is 3.14. The third-order valence-electron chi connectivity index (χ3n) is 2.42. The van der Waals surface area contributed by atoms with Crippen LogP contribution in [0.1, 0.15) is 13.3 Å². The topological polar surface area (TPSA) is 29.1 Å². The van der Waals surface area contributed by atoms with E-state index in [1.807, 2.05) is 0 Å². The average Bonchev–Trinajstić information content (AvgIpc) is 2.44. The first-order valence-electron chi connectivity index (χ1n) is 3.72. The largest absolute Gasteiger partial charge is 0.304 e. The van der Waals surface area contributed by atoms with Crippen LogP contribution in [0.3, 0.4) is 0 Å². The fraction of sp³-hybridized carbons (Fsp3) is 0.625. The minimum Gasteiger partial charge on any atom is -0.304 e. The summed E-state index contributed by atoms with van der Waals surface area (Å²) in [6.45, 7) is 1.68. The quantitative estimate of drug-likeness (QED) is 0.533. The van der Waals surface area contributed by atoms with Crippen molar-refractivity contribution in [2.24, 2.45) is 5.92 Å². The normalized spacial score (nSPS) is 42.7. The van der Waals surface area contributed by atoms with E-state index in [4.69, 9.17) is 0 Å². The Labute approximate surface area is 60.3 Å². The zero-order valence-electron chi connectivity index (χ0n) is 6.00. The van der Waals surface area contributed by atoms with E-state index in [1.54, 1.807) is 6.92 Å². The zero-order chi connectivity index (χ0) is 7.14. The molecular formula is C8H11NO. The molecule has 1 saturated heterocycles. The Morgan fingerprint density at radius 1 is 1.60 bits per heavy atom. The number of Topliss-reactive ketones (excluding diaryl/α,β-unsaturated/α-hetero) is 1. The van der Waals surface area contributed by atoms with E-state index in [2.05, 4.69) is 17.5 Å². The first-order chi connectivity index (χ1) is 4.77. The van der Waals surface area contributed by atoms with Gasteiger partial charge in [-0.3, -0.25) is 4.79 Å². The highest BCUT2D eigenvalue weighted by Gasteiger charge is 2.37. The Morgan fingerprint density at radius 2 is 2.40 bits per heavy atom. The number of fused-ring (bicyclic) bond motifs is 2. The van der Waals surface area contributed by atoms with Crippen molar-refractivity contribution in [3.63, 3.8) is 0 Å². The molecule has 2 aliphatic rings. The van der Waals surface area contributed by atoms with E-state index < -0.39 is 0 Å². The predicted octanol–water partition coefficient (Wildman–Crippen LogP) is 0.492. The van der Waals surface area contributed by atoms with Crippen LogP contribution in [0.5, 0.6) is 0 Å². The zero-order valence-corrected chi connectivity index (χ0v) is 6.00. The monoisotopic (exact) mass is 137 g/mol. The molecule has 1 N–H and O–H groups in total. The third-order valence-corrected chi connectivity index (χ3v) is 2.42. The minimum atomic E-state index is 0.259. The number of carbonyl (C=O) groups is 1. The molecule has 2 heteroatoms. The number of hydrogen-bond acceptors (Lipinski definition) is 2. The Hall–Kier alpha value is -0.630. The highest BCUT2D eigenvalue weighted by molar-refractivity contribution is 5.80. The minimum absolute atomic E-state index is 0.259. The van der Waals surface area contributed by atoms with Crippen molar-refractivity contribution >= 4 is 5.78 Å². The summed E-state index contributed by atoms with van der Waals surface area (Å²) in [5.41, 5.74) is 0. The molecule has 2 nitrogen and oxygen atoms in total. The lowest BCUT2D eigenvalue weighted by Crippen LogP contribution is -2.26. The first kappa shape index (κ1) is 6.10. The van der Waals surface area contributed by atoms with Crippen molar-refractivity contribution in [1.82, 2.24) is 5.32 Å². The van der Waals surface area contributed by atoms with Gasteiger partial charge in [-0.2, -0.15) is 0 Å². The Balaban J connectivity index is 2.16. The van der Waals surface area contributed by atoms with Crippen molar-refractivity contribution in [1.29, 1.82) is 0 Å². The van der Waals surface area contributed by atoms with Crippen LogP contribution in [-0.2, 0) is 4.79 Å². The summed E-state index contributed by atoms with van der Waals surface area (Å²) in [6, 6.07) is 0.835. The second-order valence-corrected chi connectivity index (χ2v) is 3.14. The van der Waals surface area contributed by atoms with Crippen LogP contribution < -0.4 is 5.32 Å². The summed E-state index contributed by atoms with van der Waals surface area (Å²) in [5, 5.41) is 3.33. The van der Waals surface area contributed by atoms with Crippen molar-refractivity contribution in [3.8, 4) is 0 Å². The molecule has 0 unspecified atom stereocenters. The van der Waals surface area contributed by atoms with Crippen LogP contribution in [0.15, 0.2) is 12.2 Å². The molecule has 2 bridgehead atoms. The van der Waals surface area contributed by atoms with E-state index in [0.717, 1.165) is 6.42 Å². The van der Waals surface area contributed by atoms with Crippen LogP contribution in [0.25, 0.3) is 0 Å². The van der Waals surface area contributed by atoms with E-state index in [0.29, 0.717) is 17.9 Å². The lowest BCUT2D eigenvalue weighted by Gasteiger charge is -2.11. The van der Waals surface area contributed by atoms with E-state index in [9.17, 15) is 4.79 Å². The summed E-state index contributed by atoms with van der Waals surface area (Å²) in [6.07, 6.45) is 5.28. The van der Waals surface area contributed by atoms with E-state index in [-0.39, 0.29) is 5.92 Å². The van der Waals surface area contributed by atoms with Gasteiger partial charge in [-0.15, -0.1) is 0 Å². The third kappa shape index (κ3) is 0.721. The Kier molecular flexibility index (Phi) is 1.17. The van der Waals surface area contributed by atoms with E-state index >= 15 is 0 Å². The van der Waals surface area contributed by atoms with Gasteiger partial charge in [-0.25, -0.2) is 0 Å². The molecular weight excluding hydrogens is 126 g/mol. The maximum absolute atomic E-state index is 11.0. The standard InChI is InChI=1S/C8H11NO/c1-5(10)7-4-6-2-3-8(7)9-6/h2-3,6-9H,4H2,1H3/t6-,7+,8+/m1/s1. The molecule has 0 aliphatic carbocycles. The molecule has 0 spiro atoms. The number of ketones is 1. The SMILES string of the molecule is CC(=O)[C@@H]1C[C@H]2C=C[C@@H]1N2. The van der Waals surface area contributed by atoms with Gasteiger partial charge < -0.3 is 5.32 Å². The molecule has 0 saturated carbocycles. The molecule has 0 radical (unpaired) electrons. The smallest absolute Gasteiger partial charge is 0.134 e. The van der Waals surface area contributed by atoms with E-state index in [1.165, 1.54) is 0 Å². The van der Waals surface area contributed by atoms with Gasteiger partial charge in [-0.1, -0.05) is 12.2 Å². The number of hydrogen-bond donors (Lipinski definition) is 1. The first-order valence-corrected chi connectivity index (χ1v) is 3.72. The number of nitrogens with one attached hydrogen (secondary N) is 1. The average molecular weight is 137 g/mol. The highest BCUT2D eigenvalue weighted by Crippen LogP contribution is 2.27. The van der Waals surface area contributed by atoms with Gasteiger partial charge in [-0.05, 0) is 13.3 Å². The molecule has 2 heterocycles. The van der Waals surface area contributed by atoms with Gasteiger partial charge in [0.05, 0.1) is 0 Å². The molecule has 54 valence electrons.